The van der Waals surface area contributed by atoms with E-state index in [4.69, 9.17) is 15.9 Å². The average Bonchev–Trinajstić information content (AvgIpc) is 2.55. The van der Waals surface area contributed by atoms with E-state index in [0.717, 1.165) is 12.8 Å². The van der Waals surface area contributed by atoms with Crippen LogP contribution in [0.5, 0.6) is 0 Å². The number of unbranched alkanes of at least 4 members (excludes halogenated alkanes) is 11. The number of hydrogen-bond donors (Lipinski definition) is 3. The van der Waals surface area contributed by atoms with Crippen molar-refractivity contribution in [3.8, 4) is 0 Å². The maximum Gasteiger partial charge on any atom is 0.0979 e. The van der Waals surface area contributed by atoms with Crippen LogP contribution in [0.2, 0.25) is 0 Å². The molecule has 0 aromatic carbocycles. The Kier molecular flexibility index (Phi) is 14.8. The van der Waals surface area contributed by atoms with Gasteiger partial charge in [-0.2, -0.15) is 0 Å². The van der Waals surface area contributed by atoms with Gasteiger partial charge in [0, 0.05) is 6.42 Å². The van der Waals surface area contributed by atoms with E-state index in [1.807, 2.05) is 0 Å². The van der Waals surface area contributed by atoms with Crippen LogP contribution in [0.25, 0.3) is 0 Å². The van der Waals surface area contributed by atoms with E-state index < -0.39 is 18.8 Å². The van der Waals surface area contributed by atoms with Crippen molar-refractivity contribution in [3.63, 3.8) is 0 Å². The zero-order chi connectivity index (χ0) is 17.4. The number of aliphatic hydroxyl groups excluding tert-OH is 2. The van der Waals surface area contributed by atoms with Gasteiger partial charge in [0.1, 0.15) is 0 Å². The Labute approximate surface area is 142 Å². The van der Waals surface area contributed by atoms with Crippen molar-refractivity contribution in [1.82, 2.24) is 0 Å². The maximum absolute atomic E-state index is 13.6. The lowest BCUT2D eigenvalue weighted by Crippen LogP contribution is -2.47. The first kappa shape index (κ1) is 22.6. The molecule has 0 rings (SSSR count). The molecule has 23 heavy (non-hydrogen) atoms. The molecule has 0 aromatic rings. The Morgan fingerprint density at radius 3 is 1.74 bits per heavy atom. The molecule has 0 saturated carbocycles. The van der Waals surface area contributed by atoms with E-state index in [9.17, 15) is 4.39 Å². The van der Waals surface area contributed by atoms with Crippen molar-refractivity contribution in [2.24, 2.45) is 5.73 Å². The Balaban J connectivity index is 3.46. The van der Waals surface area contributed by atoms with Crippen LogP contribution >= 0.6 is 0 Å². The van der Waals surface area contributed by atoms with Crippen LogP contribution in [0.15, 0.2) is 11.9 Å². The molecule has 0 spiro atoms. The Morgan fingerprint density at radius 2 is 1.30 bits per heavy atom. The molecule has 0 aliphatic rings. The number of allylic oxidation sites excluding steroid dienone is 1. The molecule has 0 aromatic heterocycles. The lowest BCUT2D eigenvalue weighted by molar-refractivity contribution is 0.116. The van der Waals surface area contributed by atoms with Crippen molar-refractivity contribution < 1.29 is 14.6 Å². The van der Waals surface area contributed by atoms with E-state index in [-0.39, 0.29) is 12.2 Å². The van der Waals surface area contributed by atoms with Gasteiger partial charge in [-0.3, -0.25) is 0 Å². The highest BCUT2D eigenvalue weighted by atomic mass is 19.1. The Hall–Kier alpha value is -0.450. The van der Waals surface area contributed by atoms with E-state index in [1.165, 1.54) is 57.8 Å². The zero-order valence-corrected chi connectivity index (χ0v) is 15.0. The van der Waals surface area contributed by atoms with Crippen molar-refractivity contribution in [1.29, 1.82) is 0 Å². The molecule has 0 heterocycles. The summed E-state index contributed by atoms with van der Waals surface area (Å²) < 4.78 is 13.6. The molecule has 0 atom stereocenters. The lowest BCUT2D eigenvalue weighted by atomic mass is 9.97. The molecule has 138 valence electrons. The summed E-state index contributed by atoms with van der Waals surface area (Å²) in [4.78, 5) is 0. The van der Waals surface area contributed by atoms with Gasteiger partial charge in [-0.25, -0.2) is 4.39 Å². The highest BCUT2D eigenvalue weighted by Crippen LogP contribution is 2.17. The third-order valence-corrected chi connectivity index (χ3v) is 4.32. The summed E-state index contributed by atoms with van der Waals surface area (Å²) in [5.74, 6) is -0.331. The van der Waals surface area contributed by atoms with Crippen molar-refractivity contribution in [2.75, 3.05) is 13.2 Å². The van der Waals surface area contributed by atoms with Crippen LogP contribution in [0.4, 0.5) is 4.39 Å². The maximum atomic E-state index is 13.6. The molecule has 0 radical (unpaired) electrons. The van der Waals surface area contributed by atoms with Gasteiger partial charge in [-0.05, 0) is 12.8 Å². The molecule has 0 unspecified atom stereocenters. The predicted octanol–water partition coefficient (Wildman–Crippen LogP) is 4.61. The van der Waals surface area contributed by atoms with Gasteiger partial charge in [0.2, 0.25) is 0 Å². The number of hydrogen-bond acceptors (Lipinski definition) is 3. The number of nitrogens with two attached hydrogens (primary N) is 1. The quantitative estimate of drug-likeness (QED) is 0.362. The minimum Gasteiger partial charge on any atom is -0.394 e. The molecule has 0 saturated heterocycles. The SMILES string of the molecule is CCCCCCCCCCCCCC=C(F)CC(N)(CO)CO. The highest BCUT2D eigenvalue weighted by Gasteiger charge is 2.24. The van der Waals surface area contributed by atoms with Crippen molar-refractivity contribution in [3.05, 3.63) is 11.9 Å². The van der Waals surface area contributed by atoms with Crippen LogP contribution in [-0.2, 0) is 0 Å². The summed E-state index contributed by atoms with van der Waals surface area (Å²) in [6.45, 7) is 1.42. The first-order valence-corrected chi connectivity index (χ1v) is 9.43. The molecule has 0 fully saturated rings. The molecule has 0 aliphatic carbocycles. The van der Waals surface area contributed by atoms with Crippen molar-refractivity contribution in [2.45, 2.75) is 95.9 Å². The molecule has 4 heteroatoms. The van der Waals surface area contributed by atoms with Crippen LogP contribution < -0.4 is 5.73 Å². The van der Waals surface area contributed by atoms with Crippen LogP contribution in [0, 0.1) is 0 Å². The van der Waals surface area contributed by atoms with E-state index in [1.54, 1.807) is 6.08 Å². The number of halogens is 1. The summed E-state index contributed by atoms with van der Waals surface area (Å²) in [5, 5.41) is 18.1. The second kappa shape index (κ2) is 15.1. The molecular formula is C19H38FNO2. The first-order valence-electron chi connectivity index (χ1n) is 9.43. The van der Waals surface area contributed by atoms with E-state index in [2.05, 4.69) is 6.92 Å². The van der Waals surface area contributed by atoms with Gasteiger partial charge < -0.3 is 15.9 Å². The Morgan fingerprint density at radius 1 is 0.870 bits per heavy atom. The molecule has 0 amide bonds. The fraction of sp³-hybridized carbons (Fsp3) is 0.895. The van der Waals surface area contributed by atoms with Crippen LogP contribution in [-0.4, -0.2) is 29.0 Å². The summed E-state index contributed by atoms with van der Waals surface area (Å²) in [7, 11) is 0. The molecule has 0 bridgehead atoms. The van der Waals surface area contributed by atoms with E-state index in [0.29, 0.717) is 6.42 Å². The summed E-state index contributed by atoms with van der Waals surface area (Å²) >= 11 is 0. The van der Waals surface area contributed by atoms with Gasteiger partial charge in [-0.1, -0.05) is 77.2 Å². The summed E-state index contributed by atoms with van der Waals surface area (Å²) in [6, 6.07) is 0. The molecule has 3 nitrogen and oxygen atoms in total. The first-order chi connectivity index (χ1) is 11.1. The zero-order valence-electron chi connectivity index (χ0n) is 15.0. The Bertz CT molecular complexity index is 291. The minimum absolute atomic E-state index is 0.0992. The van der Waals surface area contributed by atoms with Gasteiger partial charge in [0.15, 0.2) is 0 Å². The van der Waals surface area contributed by atoms with Gasteiger partial charge in [0.05, 0.1) is 24.6 Å². The summed E-state index contributed by atoms with van der Waals surface area (Å²) in [6.07, 6.45) is 16.2. The minimum atomic E-state index is -1.24. The smallest absolute Gasteiger partial charge is 0.0979 e. The predicted molar refractivity (Wildman–Crippen MR) is 96.0 cm³/mol. The molecule has 0 aliphatic heterocycles. The highest BCUT2D eigenvalue weighted by molar-refractivity contribution is 5.00. The normalized spacial score (nSPS) is 12.8. The second-order valence-electron chi connectivity index (χ2n) is 6.83. The number of rotatable bonds is 16. The third-order valence-electron chi connectivity index (χ3n) is 4.32. The molecule has 4 N–H and O–H groups in total. The van der Waals surface area contributed by atoms with Gasteiger partial charge >= 0.3 is 0 Å². The lowest BCUT2D eigenvalue weighted by Gasteiger charge is -2.23. The third kappa shape index (κ3) is 13.7. The topological polar surface area (TPSA) is 66.5 Å². The molecular weight excluding hydrogens is 293 g/mol. The fourth-order valence-corrected chi connectivity index (χ4v) is 2.64. The largest absolute Gasteiger partial charge is 0.394 e. The van der Waals surface area contributed by atoms with E-state index >= 15 is 0 Å². The van der Waals surface area contributed by atoms with Gasteiger partial charge in [-0.15, -0.1) is 0 Å². The van der Waals surface area contributed by atoms with Gasteiger partial charge in [0.25, 0.3) is 0 Å². The summed E-state index contributed by atoms with van der Waals surface area (Å²) in [5.41, 5.74) is 4.41. The number of aliphatic hydroxyl groups is 2. The van der Waals surface area contributed by atoms with Crippen LogP contribution in [0.1, 0.15) is 90.4 Å². The standard InChI is InChI=1S/C19H38FNO2/c1-2-3-4-5-6-7-8-9-10-11-12-13-14-18(20)15-19(21,16-22)17-23/h14,22-23H,2-13,15-17,21H2,1H3. The van der Waals surface area contributed by atoms with Crippen LogP contribution in [0.3, 0.4) is 0 Å². The second-order valence-corrected chi connectivity index (χ2v) is 6.83. The average molecular weight is 332 g/mol. The monoisotopic (exact) mass is 331 g/mol. The van der Waals surface area contributed by atoms with Crippen molar-refractivity contribution >= 4 is 0 Å². The fourth-order valence-electron chi connectivity index (χ4n) is 2.64.